The molecule has 1 saturated heterocycles. The van der Waals surface area contributed by atoms with Crippen LogP contribution in [-0.4, -0.2) is 38.3 Å². The van der Waals surface area contributed by atoms with Gasteiger partial charge in [0.15, 0.2) is 0 Å². The van der Waals surface area contributed by atoms with Gasteiger partial charge >= 0.3 is 0 Å². The molecule has 1 saturated carbocycles. The van der Waals surface area contributed by atoms with Crippen LogP contribution in [0.3, 0.4) is 0 Å². The van der Waals surface area contributed by atoms with Crippen molar-refractivity contribution in [3.05, 3.63) is 29.6 Å². The number of ether oxygens (including phenoxy) is 1. The van der Waals surface area contributed by atoms with Gasteiger partial charge in [0, 0.05) is 25.3 Å². The number of carbonyl (C=O) groups is 1. The van der Waals surface area contributed by atoms with E-state index in [1.165, 1.54) is 6.07 Å². The lowest BCUT2D eigenvalue weighted by atomic mass is 10.1. The second kappa shape index (κ2) is 6.12. The fraction of sp³-hybridized carbons (Fsp3) is 0.562. The van der Waals surface area contributed by atoms with Gasteiger partial charge in [0.1, 0.15) is 11.9 Å². The van der Waals surface area contributed by atoms with E-state index in [9.17, 15) is 9.18 Å². The molecule has 3 rings (SSSR count). The summed E-state index contributed by atoms with van der Waals surface area (Å²) in [5.41, 5.74) is 1.22. The van der Waals surface area contributed by atoms with Crippen LogP contribution in [0.1, 0.15) is 18.4 Å². The Kier molecular flexibility index (Phi) is 4.22. The number of aryl methyl sites for hydroxylation is 1. The van der Waals surface area contributed by atoms with Crippen molar-refractivity contribution in [3.63, 3.8) is 0 Å². The fourth-order valence-electron chi connectivity index (χ4n) is 2.53. The summed E-state index contributed by atoms with van der Waals surface area (Å²) in [7, 11) is 0. The number of nitrogens with one attached hydrogen (secondary N) is 1. The molecule has 1 aromatic rings. The number of morpholine rings is 1. The molecule has 1 N–H and O–H groups in total. The molecule has 1 aromatic carbocycles. The fourth-order valence-corrected chi connectivity index (χ4v) is 2.53. The predicted molar refractivity (Wildman–Crippen MR) is 78.8 cm³/mol. The maximum absolute atomic E-state index is 13.8. The average Bonchev–Trinajstić information content (AvgIpc) is 3.32. The molecule has 5 heteroatoms. The van der Waals surface area contributed by atoms with Gasteiger partial charge < -0.3 is 15.0 Å². The van der Waals surface area contributed by atoms with E-state index in [1.54, 1.807) is 17.9 Å². The van der Waals surface area contributed by atoms with Gasteiger partial charge in [-0.25, -0.2) is 4.39 Å². The first kappa shape index (κ1) is 14.5. The number of hydrogen-bond donors (Lipinski definition) is 1. The van der Waals surface area contributed by atoms with E-state index in [0.29, 0.717) is 36.9 Å². The largest absolute Gasteiger partial charge is 0.366 e. The van der Waals surface area contributed by atoms with Crippen LogP contribution in [0, 0.1) is 18.7 Å². The number of rotatable bonds is 4. The van der Waals surface area contributed by atoms with Gasteiger partial charge in [0.05, 0.1) is 6.61 Å². The molecule has 114 valence electrons. The molecular formula is C16H21FN2O2. The molecule has 1 heterocycles. The minimum absolute atomic E-state index is 0.0719. The zero-order valence-corrected chi connectivity index (χ0v) is 12.3. The van der Waals surface area contributed by atoms with E-state index in [0.717, 1.165) is 19.4 Å². The van der Waals surface area contributed by atoms with Gasteiger partial charge in [-0.3, -0.25) is 4.79 Å². The lowest BCUT2D eigenvalue weighted by molar-refractivity contribution is -0.131. The van der Waals surface area contributed by atoms with Gasteiger partial charge in [-0.05, 0) is 43.4 Å². The highest BCUT2D eigenvalue weighted by Gasteiger charge is 2.32. The van der Waals surface area contributed by atoms with Crippen molar-refractivity contribution in [2.45, 2.75) is 25.9 Å². The minimum Gasteiger partial charge on any atom is -0.366 e. The molecular weight excluding hydrogens is 271 g/mol. The Balaban J connectivity index is 1.81. The number of anilines is 1. The van der Waals surface area contributed by atoms with Crippen LogP contribution >= 0.6 is 0 Å². The molecule has 0 aromatic heterocycles. The summed E-state index contributed by atoms with van der Waals surface area (Å²) in [6.45, 7) is 4.21. The standard InChI is InChI=1S/C16H21FN2O2/c1-11-2-5-13(8-14(11)17)19(10-12-3-4-12)16(20)15-9-18-6-7-21-15/h2,5,8,12,15,18H,3-4,6-7,9-10H2,1H3. The lowest BCUT2D eigenvalue weighted by Crippen LogP contribution is -2.50. The zero-order chi connectivity index (χ0) is 14.8. The quantitative estimate of drug-likeness (QED) is 0.921. The van der Waals surface area contributed by atoms with Crippen molar-refractivity contribution in [2.24, 2.45) is 5.92 Å². The Bertz CT molecular complexity index is 525. The van der Waals surface area contributed by atoms with E-state index in [1.807, 2.05) is 6.07 Å². The third-order valence-corrected chi connectivity index (χ3v) is 4.07. The molecule has 0 spiro atoms. The predicted octanol–water partition coefficient (Wildman–Crippen LogP) is 1.87. The van der Waals surface area contributed by atoms with Gasteiger partial charge in [0.25, 0.3) is 5.91 Å². The van der Waals surface area contributed by atoms with Crippen molar-refractivity contribution >= 4 is 11.6 Å². The number of nitrogens with zero attached hydrogens (tertiary/aromatic N) is 1. The van der Waals surface area contributed by atoms with E-state index in [4.69, 9.17) is 4.74 Å². The van der Waals surface area contributed by atoms with E-state index >= 15 is 0 Å². The number of halogens is 1. The summed E-state index contributed by atoms with van der Waals surface area (Å²) >= 11 is 0. The normalized spacial score (nSPS) is 22.1. The number of benzene rings is 1. The van der Waals surface area contributed by atoms with Crippen molar-refractivity contribution in [1.82, 2.24) is 5.32 Å². The second-order valence-corrected chi connectivity index (χ2v) is 5.89. The number of carbonyl (C=O) groups excluding carboxylic acids is 1. The van der Waals surface area contributed by atoms with Gasteiger partial charge in [-0.2, -0.15) is 0 Å². The smallest absolute Gasteiger partial charge is 0.257 e. The molecule has 1 aliphatic heterocycles. The van der Waals surface area contributed by atoms with Gasteiger partial charge in [-0.1, -0.05) is 6.07 Å². The van der Waals surface area contributed by atoms with Crippen LogP contribution in [0.4, 0.5) is 10.1 Å². The van der Waals surface area contributed by atoms with Crippen molar-refractivity contribution < 1.29 is 13.9 Å². The summed E-state index contributed by atoms with van der Waals surface area (Å²) in [6.07, 6.45) is 1.81. The molecule has 2 aliphatic rings. The van der Waals surface area contributed by atoms with Crippen LogP contribution in [-0.2, 0) is 9.53 Å². The van der Waals surface area contributed by atoms with Crippen LogP contribution in [0.2, 0.25) is 0 Å². The molecule has 1 aliphatic carbocycles. The van der Waals surface area contributed by atoms with Gasteiger partial charge in [-0.15, -0.1) is 0 Å². The maximum Gasteiger partial charge on any atom is 0.257 e. The number of amides is 1. The molecule has 0 radical (unpaired) electrons. The Morgan fingerprint density at radius 2 is 2.29 bits per heavy atom. The van der Waals surface area contributed by atoms with Crippen LogP contribution in [0.5, 0.6) is 0 Å². The zero-order valence-electron chi connectivity index (χ0n) is 12.3. The number of hydrogen-bond acceptors (Lipinski definition) is 3. The summed E-state index contributed by atoms with van der Waals surface area (Å²) in [5.74, 6) is 0.191. The van der Waals surface area contributed by atoms with E-state index < -0.39 is 6.10 Å². The molecule has 21 heavy (non-hydrogen) atoms. The van der Waals surface area contributed by atoms with E-state index in [2.05, 4.69) is 5.32 Å². The summed E-state index contributed by atoms with van der Waals surface area (Å²) in [5, 5.41) is 3.16. The first-order valence-corrected chi connectivity index (χ1v) is 7.55. The van der Waals surface area contributed by atoms with E-state index in [-0.39, 0.29) is 11.7 Å². The molecule has 1 atom stereocenters. The Hall–Kier alpha value is -1.46. The first-order chi connectivity index (χ1) is 10.1. The lowest BCUT2D eigenvalue weighted by Gasteiger charge is -2.30. The van der Waals surface area contributed by atoms with Gasteiger partial charge in [0.2, 0.25) is 0 Å². The van der Waals surface area contributed by atoms with Crippen LogP contribution in [0.25, 0.3) is 0 Å². The molecule has 1 unspecified atom stereocenters. The Morgan fingerprint density at radius 1 is 1.48 bits per heavy atom. The second-order valence-electron chi connectivity index (χ2n) is 5.89. The van der Waals surface area contributed by atoms with Crippen LogP contribution in [0.15, 0.2) is 18.2 Å². The third-order valence-electron chi connectivity index (χ3n) is 4.07. The van der Waals surface area contributed by atoms with Crippen molar-refractivity contribution in [3.8, 4) is 0 Å². The minimum atomic E-state index is -0.470. The topological polar surface area (TPSA) is 41.6 Å². The molecule has 1 amide bonds. The third kappa shape index (κ3) is 3.41. The molecule has 4 nitrogen and oxygen atoms in total. The molecule has 2 fully saturated rings. The monoisotopic (exact) mass is 292 g/mol. The van der Waals surface area contributed by atoms with Crippen molar-refractivity contribution in [1.29, 1.82) is 0 Å². The summed E-state index contributed by atoms with van der Waals surface area (Å²) in [4.78, 5) is 14.4. The van der Waals surface area contributed by atoms with Crippen molar-refractivity contribution in [2.75, 3.05) is 31.1 Å². The first-order valence-electron chi connectivity index (χ1n) is 7.55. The SMILES string of the molecule is Cc1ccc(N(CC2CC2)C(=O)C2CNCCO2)cc1F. The summed E-state index contributed by atoms with van der Waals surface area (Å²) < 4.78 is 19.4. The Morgan fingerprint density at radius 3 is 2.90 bits per heavy atom. The highest BCUT2D eigenvalue weighted by molar-refractivity contribution is 5.97. The maximum atomic E-state index is 13.8. The average molecular weight is 292 g/mol. The Labute approximate surface area is 124 Å². The highest BCUT2D eigenvalue weighted by atomic mass is 19.1. The summed E-state index contributed by atoms with van der Waals surface area (Å²) in [6, 6.07) is 4.98. The highest BCUT2D eigenvalue weighted by Crippen LogP contribution is 2.32. The van der Waals surface area contributed by atoms with Crippen LogP contribution < -0.4 is 10.2 Å². The molecule has 0 bridgehead atoms.